The van der Waals surface area contributed by atoms with E-state index in [1.807, 2.05) is 42.9 Å². The summed E-state index contributed by atoms with van der Waals surface area (Å²) in [5.74, 6) is 0.778. The minimum absolute atomic E-state index is 0.0237. The lowest BCUT2D eigenvalue weighted by molar-refractivity contribution is -0.121. The van der Waals surface area contributed by atoms with Crippen molar-refractivity contribution in [1.82, 2.24) is 15.1 Å². The summed E-state index contributed by atoms with van der Waals surface area (Å²) in [5, 5.41) is 7.69. The van der Waals surface area contributed by atoms with Crippen molar-refractivity contribution in [2.75, 3.05) is 7.11 Å². The Morgan fingerprint density at radius 2 is 2.22 bits per heavy atom. The molecule has 0 spiro atoms. The van der Waals surface area contributed by atoms with E-state index in [0.29, 0.717) is 6.42 Å². The van der Waals surface area contributed by atoms with Gasteiger partial charge in [-0.05, 0) is 32.3 Å². The molecule has 2 aromatic rings. The summed E-state index contributed by atoms with van der Waals surface area (Å²) < 4.78 is 7.27. The van der Waals surface area contributed by atoms with Crippen LogP contribution in [0.4, 0.5) is 0 Å². The predicted molar refractivity (Wildman–Crippen MR) is 88.5 cm³/mol. The van der Waals surface area contributed by atoms with Crippen molar-refractivity contribution in [3.05, 3.63) is 46.8 Å². The lowest BCUT2D eigenvalue weighted by atomic mass is 9.91. The number of amides is 1. The number of carbonyl (C=O) groups is 1. The Bertz CT molecular complexity index is 721. The molecule has 3 rings (SSSR count). The molecule has 122 valence electrons. The van der Waals surface area contributed by atoms with E-state index in [0.717, 1.165) is 36.3 Å². The van der Waals surface area contributed by atoms with Crippen LogP contribution < -0.4 is 10.1 Å². The Hall–Kier alpha value is -2.30. The third-order valence-corrected chi connectivity index (χ3v) is 4.52. The summed E-state index contributed by atoms with van der Waals surface area (Å²) >= 11 is 0. The van der Waals surface area contributed by atoms with Gasteiger partial charge in [-0.3, -0.25) is 9.48 Å². The molecule has 1 unspecified atom stereocenters. The highest BCUT2D eigenvalue weighted by molar-refractivity contribution is 5.80. The zero-order chi connectivity index (χ0) is 16.4. The van der Waals surface area contributed by atoms with E-state index in [1.54, 1.807) is 7.11 Å². The third-order valence-electron chi connectivity index (χ3n) is 4.52. The first kappa shape index (κ1) is 15.6. The van der Waals surface area contributed by atoms with Crippen molar-refractivity contribution in [3.63, 3.8) is 0 Å². The van der Waals surface area contributed by atoms with Gasteiger partial charge in [-0.15, -0.1) is 0 Å². The smallest absolute Gasteiger partial charge is 0.225 e. The highest BCUT2D eigenvalue weighted by atomic mass is 16.5. The maximum absolute atomic E-state index is 12.5. The average molecular weight is 313 g/mol. The van der Waals surface area contributed by atoms with Crippen LogP contribution in [0.15, 0.2) is 24.3 Å². The van der Waals surface area contributed by atoms with Crippen LogP contribution >= 0.6 is 0 Å². The molecule has 0 aliphatic heterocycles. The molecule has 1 aromatic carbocycles. The lowest BCUT2D eigenvalue weighted by Gasteiger charge is -2.24. The number of carbonyl (C=O) groups excluding carboxylic acids is 1. The van der Waals surface area contributed by atoms with E-state index in [2.05, 4.69) is 10.4 Å². The van der Waals surface area contributed by atoms with Crippen LogP contribution in [0.1, 0.15) is 41.4 Å². The van der Waals surface area contributed by atoms with Gasteiger partial charge in [0.15, 0.2) is 0 Å². The summed E-state index contributed by atoms with van der Waals surface area (Å²) in [7, 11) is 3.61. The number of ether oxygens (including phenoxy) is 1. The monoisotopic (exact) mass is 313 g/mol. The van der Waals surface area contributed by atoms with Crippen molar-refractivity contribution in [1.29, 1.82) is 0 Å². The molecule has 0 radical (unpaired) electrons. The summed E-state index contributed by atoms with van der Waals surface area (Å²) in [4.78, 5) is 12.5. The van der Waals surface area contributed by atoms with Gasteiger partial charge in [0.1, 0.15) is 5.75 Å². The van der Waals surface area contributed by atoms with E-state index in [4.69, 9.17) is 4.74 Å². The normalized spacial score (nSPS) is 16.7. The predicted octanol–water partition coefficient (Wildman–Crippen LogP) is 2.47. The fourth-order valence-corrected chi connectivity index (χ4v) is 3.50. The van der Waals surface area contributed by atoms with Gasteiger partial charge in [-0.2, -0.15) is 5.10 Å². The Morgan fingerprint density at radius 1 is 1.43 bits per heavy atom. The second-order valence-corrected chi connectivity index (χ2v) is 6.07. The largest absolute Gasteiger partial charge is 0.496 e. The zero-order valence-corrected chi connectivity index (χ0v) is 13.9. The topological polar surface area (TPSA) is 56.1 Å². The molecule has 0 bridgehead atoms. The van der Waals surface area contributed by atoms with Crippen molar-refractivity contribution in [3.8, 4) is 5.75 Å². The Labute approximate surface area is 136 Å². The van der Waals surface area contributed by atoms with Crippen LogP contribution in [0, 0.1) is 6.92 Å². The Balaban J connectivity index is 1.75. The average Bonchev–Trinajstić information content (AvgIpc) is 2.83. The molecule has 23 heavy (non-hydrogen) atoms. The molecule has 5 heteroatoms. The van der Waals surface area contributed by atoms with E-state index < -0.39 is 0 Å². The maximum atomic E-state index is 12.5. The first-order valence-electron chi connectivity index (χ1n) is 8.03. The number of benzene rings is 1. The van der Waals surface area contributed by atoms with Gasteiger partial charge in [0.25, 0.3) is 0 Å². The number of nitrogens with one attached hydrogen (secondary N) is 1. The molecule has 1 aromatic heterocycles. The van der Waals surface area contributed by atoms with Gasteiger partial charge in [0, 0.05) is 23.9 Å². The molecular formula is C18H23N3O2. The Kier molecular flexibility index (Phi) is 4.37. The number of hydrogen-bond acceptors (Lipinski definition) is 3. The van der Waals surface area contributed by atoms with E-state index in [9.17, 15) is 4.79 Å². The molecule has 0 fully saturated rings. The zero-order valence-electron chi connectivity index (χ0n) is 13.9. The molecule has 0 saturated heterocycles. The van der Waals surface area contributed by atoms with Crippen LogP contribution in [0.25, 0.3) is 0 Å². The summed E-state index contributed by atoms with van der Waals surface area (Å²) in [6.07, 6.45) is 3.41. The fraction of sp³-hybridized carbons (Fsp3) is 0.444. The first-order valence-corrected chi connectivity index (χ1v) is 8.03. The highest BCUT2D eigenvalue weighted by Crippen LogP contribution is 2.32. The standard InChI is InChI=1S/C18H23N3O2/c1-12-18-14(8-6-9-15(18)21(2)20-12)19-17(22)11-13-7-4-5-10-16(13)23-3/h4-5,7,10,14H,6,8-9,11H2,1-3H3,(H,19,22). The minimum Gasteiger partial charge on any atom is -0.496 e. The third kappa shape index (κ3) is 3.09. The van der Waals surface area contributed by atoms with Crippen molar-refractivity contribution in [2.45, 2.75) is 38.6 Å². The molecule has 1 aliphatic rings. The minimum atomic E-state index is 0.0237. The molecule has 1 amide bonds. The number of nitrogens with zero attached hydrogens (tertiary/aromatic N) is 2. The van der Waals surface area contributed by atoms with Crippen LogP contribution in [0.2, 0.25) is 0 Å². The maximum Gasteiger partial charge on any atom is 0.225 e. The van der Waals surface area contributed by atoms with Crippen LogP contribution in [0.3, 0.4) is 0 Å². The fourth-order valence-electron chi connectivity index (χ4n) is 3.50. The van der Waals surface area contributed by atoms with Crippen molar-refractivity contribution in [2.24, 2.45) is 7.05 Å². The molecule has 0 saturated carbocycles. The quantitative estimate of drug-likeness (QED) is 0.943. The molecule has 1 atom stereocenters. The Morgan fingerprint density at radius 3 is 3.00 bits per heavy atom. The number of aryl methyl sites for hydroxylation is 2. The highest BCUT2D eigenvalue weighted by Gasteiger charge is 2.27. The number of aromatic nitrogens is 2. The number of rotatable bonds is 4. The van der Waals surface area contributed by atoms with Crippen LogP contribution in [0.5, 0.6) is 5.75 Å². The van der Waals surface area contributed by atoms with Gasteiger partial charge in [-0.25, -0.2) is 0 Å². The number of fused-ring (bicyclic) bond motifs is 1. The van der Waals surface area contributed by atoms with Crippen LogP contribution in [-0.4, -0.2) is 22.8 Å². The van der Waals surface area contributed by atoms with E-state index >= 15 is 0 Å². The number of methoxy groups -OCH3 is 1. The second-order valence-electron chi connectivity index (χ2n) is 6.07. The summed E-state index contributed by atoms with van der Waals surface area (Å²) in [6.45, 7) is 2.02. The molecule has 1 aliphatic carbocycles. The lowest BCUT2D eigenvalue weighted by Crippen LogP contribution is -2.32. The van der Waals surface area contributed by atoms with Gasteiger partial charge in [0.05, 0.1) is 25.3 Å². The van der Waals surface area contributed by atoms with E-state index in [-0.39, 0.29) is 11.9 Å². The van der Waals surface area contributed by atoms with Crippen LogP contribution in [-0.2, 0) is 24.7 Å². The summed E-state index contributed by atoms with van der Waals surface area (Å²) in [5.41, 5.74) is 4.37. The molecule has 1 N–H and O–H groups in total. The van der Waals surface area contributed by atoms with Crippen molar-refractivity contribution < 1.29 is 9.53 Å². The van der Waals surface area contributed by atoms with Crippen molar-refractivity contribution >= 4 is 5.91 Å². The van der Waals surface area contributed by atoms with Gasteiger partial charge >= 0.3 is 0 Å². The van der Waals surface area contributed by atoms with E-state index in [1.165, 1.54) is 11.3 Å². The number of hydrogen-bond donors (Lipinski definition) is 1. The molecular weight excluding hydrogens is 290 g/mol. The summed E-state index contributed by atoms with van der Waals surface area (Å²) in [6, 6.07) is 7.71. The van der Waals surface area contributed by atoms with Gasteiger partial charge < -0.3 is 10.1 Å². The molecule has 5 nitrogen and oxygen atoms in total. The second kappa shape index (κ2) is 6.44. The van der Waals surface area contributed by atoms with Gasteiger partial charge in [0.2, 0.25) is 5.91 Å². The SMILES string of the molecule is COc1ccccc1CC(=O)NC1CCCc2c1c(C)nn2C. The van der Waals surface area contributed by atoms with Gasteiger partial charge in [-0.1, -0.05) is 18.2 Å². The number of para-hydroxylation sites is 1. The first-order chi connectivity index (χ1) is 11.1. The molecule has 1 heterocycles.